The van der Waals surface area contributed by atoms with Gasteiger partial charge in [-0.15, -0.1) is 0 Å². The van der Waals surface area contributed by atoms with Crippen LogP contribution in [0, 0.1) is 0 Å². The van der Waals surface area contributed by atoms with Gasteiger partial charge in [-0.05, 0) is 36.6 Å². The molecule has 0 aromatic heterocycles. The van der Waals surface area contributed by atoms with Crippen molar-refractivity contribution in [1.82, 2.24) is 0 Å². The lowest BCUT2D eigenvalue weighted by atomic mass is 10.4. The highest BCUT2D eigenvalue weighted by Crippen LogP contribution is 2.17. The number of hydrogen-bond acceptors (Lipinski definition) is 5. The second-order valence-corrected chi connectivity index (χ2v) is 22.8. The predicted octanol–water partition coefficient (Wildman–Crippen LogP) is -0.711. The summed E-state index contributed by atoms with van der Waals surface area (Å²) in [6.45, 7) is 8.76. The predicted molar refractivity (Wildman–Crippen MR) is 127 cm³/mol. The van der Waals surface area contributed by atoms with Crippen LogP contribution in [-0.4, -0.2) is 56.7 Å². The topological polar surface area (TPSA) is 46.2 Å². The Bertz CT molecular complexity index is 672. The summed E-state index contributed by atoms with van der Waals surface area (Å²) in [5.74, 6) is 0. The highest BCUT2D eigenvalue weighted by atomic mass is 28.5. The maximum absolute atomic E-state index is 6.77. The molecule has 148 valence electrons. The van der Waals surface area contributed by atoms with Crippen LogP contribution in [0.3, 0.4) is 0 Å². The first-order chi connectivity index (χ1) is 12.8. The lowest BCUT2D eigenvalue weighted by molar-refractivity contribution is 0.349. The number of hydrogen-bond donors (Lipinski definition) is 0. The van der Waals surface area contributed by atoms with Crippen LogP contribution in [0.15, 0.2) is 60.7 Å². The zero-order valence-electron chi connectivity index (χ0n) is 16.8. The zero-order chi connectivity index (χ0) is 19.8. The molecule has 0 radical (unpaired) electrons. The van der Waals surface area contributed by atoms with Gasteiger partial charge in [-0.25, -0.2) is 0 Å². The molecule has 0 amide bonds. The summed E-state index contributed by atoms with van der Waals surface area (Å²) in [5.41, 5.74) is 0. The molecule has 0 aliphatic rings. The van der Waals surface area contributed by atoms with Crippen LogP contribution in [0.2, 0.25) is 26.2 Å². The monoisotopic (exact) mass is 470 g/mol. The molecule has 0 bridgehead atoms. The van der Waals surface area contributed by atoms with E-state index in [0.29, 0.717) is 0 Å². The fraction of sp³-hybridized carbons (Fsp3) is 0.250. The van der Waals surface area contributed by atoms with Crippen LogP contribution in [0.25, 0.3) is 0 Å². The molecule has 11 heteroatoms. The van der Waals surface area contributed by atoms with Gasteiger partial charge in [0.15, 0.2) is 8.32 Å². The Hall–Kier alpha value is -0.459. The molecule has 0 spiro atoms. The van der Waals surface area contributed by atoms with Gasteiger partial charge in [0, 0.05) is 0 Å². The summed E-state index contributed by atoms with van der Waals surface area (Å²) >= 11 is 0. The van der Waals surface area contributed by atoms with Gasteiger partial charge < -0.3 is 20.6 Å². The van der Waals surface area contributed by atoms with Gasteiger partial charge in [0.1, 0.15) is 10.5 Å². The Labute approximate surface area is 174 Å². The van der Waals surface area contributed by atoms with Crippen LogP contribution in [0.1, 0.15) is 0 Å². The van der Waals surface area contributed by atoms with Crippen molar-refractivity contribution in [2.24, 2.45) is 0 Å². The van der Waals surface area contributed by atoms with Crippen LogP contribution < -0.4 is 10.4 Å². The van der Waals surface area contributed by atoms with Crippen molar-refractivity contribution < 1.29 is 20.6 Å². The third kappa shape index (κ3) is 7.82. The second-order valence-electron chi connectivity index (χ2n) is 7.28. The molecule has 2 aromatic rings. The van der Waals surface area contributed by atoms with Gasteiger partial charge >= 0.3 is 17.8 Å². The Balaban J connectivity index is 2.28. The van der Waals surface area contributed by atoms with Crippen molar-refractivity contribution in [1.29, 1.82) is 0 Å². The summed E-state index contributed by atoms with van der Waals surface area (Å²) < 4.78 is 30.6. The molecule has 0 saturated heterocycles. The third-order valence-corrected chi connectivity index (χ3v) is 16.7. The van der Waals surface area contributed by atoms with Crippen LogP contribution in [0.4, 0.5) is 0 Å². The van der Waals surface area contributed by atoms with E-state index in [1.165, 1.54) is 0 Å². The van der Waals surface area contributed by atoms with E-state index in [1.807, 2.05) is 36.4 Å². The Morgan fingerprint density at radius 3 is 2.00 bits per heavy atom. The van der Waals surface area contributed by atoms with Crippen LogP contribution >= 0.6 is 0 Å². The number of rotatable bonds is 11. The highest BCUT2D eigenvalue weighted by Gasteiger charge is 2.41. The molecule has 27 heavy (non-hydrogen) atoms. The van der Waals surface area contributed by atoms with Crippen LogP contribution in [0.5, 0.6) is 0 Å². The van der Waals surface area contributed by atoms with E-state index in [1.54, 1.807) is 0 Å². The van der Waals surface area contributed by atoms with E-state index in [4.69, 9.17) is 20.6 Å². The van der Waals surface area contributed by atoms with Crippen LogP contribution in [-0.2, 0) is 20.6 Å². The fourth-order valence-electron chi connectivity index (χ4n) is 2.72. The molecule has 2 atom stereocenters. The van der Waals surface area contributed by atoms with E-state index < -0.39 is 46.2 Å². The largest absolute Gasteiger partial charge is 0.449 e. The van der Waals surface area contributed by atoms with Gasteiger partial charge in [0.25, 0.3) is 20.0 Å². The summed E-state index contributed by atoms with van der Waals surface area (Å²) in [7, 11) is -7.83. The maximum Gasteiger partial charge on any atom is 0.350 e. The van der Waals surface area contributed by atoms with Crippen molar-refractivity contribution in [3.63, 3.8) is 0 Å². The Kier molecular flexibility index (Phi) is 9.23. The second kappa shape index (κ2) is 10.9. The molecule has 0 aliphatic carbocycles. The summed E-state index contributed by atoms with van der Waals surface area (Å²) in [6.07, 6.45) is 0. The molecule has 2 aromatic carbocycles. The van der Waals surface area contributed by atoms with E-state index in [9.17, 15) is 0 Å². The molecule has 0 saturated carbocycles. The van der Waals surface area contributed by atoms with E-state index in [-0.39, 0.29) is 0 Å². The molecule has 5 nitrogen and oxygen atoms in total. The minimum Gasteiger partial charge on any atom is -0.449 e. The minimum absolute atomic E-state index is 0.724. The SMILES string of the molecule is C[Si](C)(C)O[Si](C)(O[SiH](O[SiH2]O[SiH2]O[SiH3])c1ccccc1)c1ccccc1. The van der Waals surface area contributed by atoms with E-state index in [0.717, 1.165) is 20.9 Å². The fourth-order valence-corrected chi connectivity index (χ4v) is 18.4. The average Bonchev–Trinajstić information content (AvgIpc) is 2.64. The quantitative estimate of drug-likeness (QED) is 0.321. The van der Waals surface area contributed by atoms with Crippen molar-refractivity contribution in [3.05, 3.63) is 60.7 Å². The standard InChI is InChI=1S/C16H30O5Si6/c1-26(2,3)21-27(4,16-13-9-6-10-14-16)20-25(19-24-18-23-17-22)15-11-7-5-8-12-15/h5-14,25H,23-24H2,1-4,22H3. The summed E-state index contributed by atoms with van der Waals surface area (Å²) in [4.78, 5) is 0. The highest BCUT2D eigenvalue weighted by molar-refractivity contribution is 6.92. The third-order valence-electron chi connectivity index (χ3n) is 3.71. The first kappa shape index (κ1) is 22.8. The van der Waals surface area contributed by atoms with Gasteiger partial charge in [0.05, 0.1) is 0 Å². The molecule has 0 N–H and O–H groups in total. The maximum atomic E-state index is 6.77. The molecular formula is C16H30O5Si6. The van der Waals surface area contributed by atoms with Gasteiger partial charge in [-0.1, -0.05) is 60.7 Å². The Morgan fingerprint density at radius 1 is 0.852 bits per heavy atom. The normalized spacial score (nSPS) is 16.3. The summed E-state index contributed by atoms with van der Waals surface area (Å²) in [5, 5.41) is 2.26. The molecular weight excluding hydrogens is 441 g/mol. The lowest BCUT2D eigenvalue weighted by Gasteiger charge is -2.36. The van der Waals surface area contributed by atoms with Gasteiger partial charge in [-0.2, -0.15) is 0 Å². The lowest BCUT2D eigenvalue weighted by Crippen LogP contribution is -2.61. The first-order valence-electron chi connectivity index (χ1n) is 9.01. The molecule has 0 aliphatic heterocycles. The van der Waals surface area contributed by atoms with Gasteiger partial charge in [-0.3, -0.25) is 0 Å². The zero-order valence-corrected chi connectivity index (χ0v) is 24.8. The van der Waals surface area contributed by atoms with Crippen molar-refractivity contribution in [3.8, 4) is 0 Å². The first-order valence-corrected chi connectivity index (χ1v) is 19.4. The molecule has 2 rings (SSSR count). The Morgan fingerprint density at radius 2 is 1.44 bits per heavy atom. The minimum atomic E-state index is -2.62. The van der Waals surface area contributed by atoms with Crippen molar-refractivity contribution in [2.45, 2.75) is 26.2 Å². The average molecular weight is 471 g/mol. The van der Waals surface area contributed by atoms with E-state index in [2.05, 4.69) is 50.5 Å². The summed E-state index contributed by atoms with van der Waals surface area (Å²) in [6, 6.07) is 20.6. The van der Waals surface area contributed by atoms with Crippen molar-refractivity contribution in [2.75, 3.05) is 0 Å². The van der Waals surface area contributed by atoms with Crippen molar-refractivity contribution >= 4 is 67.0 Å². The van der Waals surface area contributed by atoms with Gasteiger partial charge in [0.2, 0.25) is 0 Å². The molecule has 0 fully saturated rings. The number of benzene rings is 2. The molecule has 2 unspecified atom stereocenters. The molecule has 0 heterocycles. The smallest absolute Gasteiger partial charge is 0.350 e. The van der Waals surface area contributed by atoms with E-state index >= 15 is 0 Å².